The fourth-order valence-electron chi connectivity index (χ4n) is 1.90. The number of hydrogen-bond donors (Lipinski definition) is 4. The van der Waals surface area contributed by atoms with Crippen LogP contribution in [0.2, 0.25) is 0 Å². The molecule has 1 saturated heterocycles. The molecule has 17 heavy (non-hydrogen) atoms. The molecule has 0 aromatic heterocycles. The van der Waals surface area contributed by atoms with Gasteiger partial charge in [-0.25, -0.2) is 4.79 Å². The number of piperidine rings is 1. The summed E-state index contributed by atoms with van der Waals surface area (Å²) >= 11 is 0. The van der Waals surface area contributed by atoms with Gasteiger partial charge in [-0.2, -0.15) is 0 Å². The SMILES string of the molecule is O=C(CC1CCCNC1)NCC[C@H](O)C(=O)O. The number of aliphatic carboxylic acids is 1. The molecule has 0 aromatic carbocycles. The Kier molecular flexibility index (Phi) is 5.93. The molecule has 98 valence electrons. The van der Waals surface area contributed by atoms with Crippen LogP contribution in [-0.4, -0.2) is 47.8 Å². The summed E-state index contributed by atoms with van der Waals surface area (Å²) in [5.41, 5.74) is 0. The molecule has 1 aliphatic heterocycles. The molecule has 1 amide bonds. The fourth-order valence-corrected chi connectivity index (χ4v) is 1.90. The third-order valence-electron chi connectivity index (χ3n) is 2.90. The molecule has 1 unspecified atom stereocenters. The molecule has 1 heterocycles. The lowest BCUT2D eigenvalue weighted by atomic mass is 9.96. The number of carboxylic acid groups (broad SMARTS) is 1. The fraction of sp³-hybridized carbons (Fsp3) is 0.818. The number of hydrogen-bond acceptors (Lipinski definition) is 4. The second-order valence-electron chi connectivity index (χ2n) is 4.41. The summed E-state index contributed by atoms with van der Waals surface area (Å²) in [6, 6.07) is 0. The maximum absolute atomic E-state index is 11.5. The van der Waals surface area contributed by atoms with Crippen LogP contribution < -0.4 is 10.6 Å². The third-order valence-corrected chi connectivity index (χ3v) is 2.90. The summed E-state index contributed by atoms with van der Waals surface area (Å²) in [6.07, 6.45) is 1.26. The smallest absolute Gasteiger partial charge is 0.332 e. The number of aliphatic hydroxyl groups excluding tert-OH is 1. The molecular formula is C11H20N2O4. The van der Waals surface area contributed by atoms with Gasteiger partial charge >= 0.3 is 5.97 Å². The van der Waals surface area contributed by atoms with Crippen LogP contribution in [0.5, 0.6) is 0 Å². The summed E-state index contributed by atoms with van der Waals surface area (Å²) in [7, 11) is 0. The molecular weight excluding hydrogens is 224 g/mol. The zero-order chi connectivity index (χ0) is 12.7. The second-order valence-corrected chi connectivity index (χ2v) is 4.41. The largest absolute Gasteiger partial charge is 0.479 e. The van der Waals surface area contributed by atoms with Crippen molar-refractivity contribution in [3.63, 3.8) is 0 Å². The van der Waals surface area contributed by atoms with Crippen molar-refractivity contribution in [1.82, 2.24) is 10.6 Å². The summed E-state index contributed by atoms with van der Waals surface area (Å²) in [5.74, 6) is -0.958. The van der Waals surface area contributed by atoms with Crippen molar-refractivity contribution >= 4 is 11.9 Å². The molecule has 6 nitrogen and oxygen atoms in total. The molecule has 1 rings (SSSR count). The van der Waals surface area contributed by atoms with E-state index in [-0.39, 0.29) is 18.9 Å². The topological polar surface area (TPSA) is 98.7 Å². The normalized spacial score (nSPS) is 21.8. The average molecular weight is 244 g/mol. The van der Waals surface area contributed by atoms with Crippen molar-refractivity contribution in [3.8, 4) is 0 Å². The number of carbonyl (C=O) groups excluding carboxylic acids is 1. The van der Waals surface area contributed by atoms with Gasteiger partial charge < -0.3 is 20.8 Å². The van der Waals surface area contributed by atoms with Crippen molar-refractivity contribution in [3.05, 3.63) is 0 Å². The van der Waals surface area contributed by atoms with E-state index in [1.165, 1.54) is 0 Å². The lowest BCUT2D eigenvalue weighted by molar-refractivity contribution is -0.147. The highest BCUT2D eigenvalue weighted by Crippen LogP contribution is 2.13. The van der Waals surface area contributed by atoms with Crippen LogP contribution in [0, 0.1) is 5.92 Å². The monoisotopic (exact) mass is 244 g/mol. The highest BCUT2D eigenvalue weighted by molar-refractivity contribution is 5.76. The summed E-state index contributed by atoms with van der Waals surface area (Å²) in [5, 5.41) is 23.3. The highest BCUT2D eigenvalue weighted by Gasteiger charge is 2.17. The van der Waals surface area contributed by atoms with Crippen LogP contribution >= 0.6 is 0 Å². The van der Waals surface area contributed by atoms with Crippen LogP contribution in [0.15, 0.2) is 0 Å². The minimum atomic E-state index is -1.40. The third kappa shape index (κ3) is 5.65. The first kappa shape index (κ1) is 13.9. The number of carboxylic acids is 1. The summed E-state index contributed by atoms with van der Waals surface area (Å²) in [6.45, 7) is 2.08. The molecule has 0 radical (unpaired) electrons. The first-order valence-electron chi connectivity index (χ1n) is 5.98. The molecule has 2 atom stereocenters. The van der Waals surface area contributed by atoms with Gasteiger partial charge in [0.25, 0.3) is 0 Å². The lowest BCUT2D eigenvalue weighted by Crippen LogP contribution is -2.35. The van der Waals surface area contributed by atoms with E-state index in [1.807, 2.05) is 0 Å². The maximum Gasteiger partial charge on any atom is 0.332 e. The molecule has 0 spiro atoms. The van der Waals surface area contributed by atoms with E-state index < -0.39 is 12.1 Å². The van der Waals surface area contributed by atoms with Crippen LogP contribution in [0.25, 0.3) is 0 Å². The van der Waals surface area contributed by atoms with E-state index in [2.05, 4.69) is 10.6 Å². The van der Waals surface area contributed by atoms with Crippen molar-refractivity contribution in [2.24, 2.45) is 5.92 Å². The number of nitrogens with one attached hydrogen (secondary N) is 2. The Balaban J connectivity index is 2.10. The Bertz CT molecular complexity index is 264. The molecule has 4 N–H and O–H groups in total. The van der Waals surface area contributed by atoms with Gasteiger partial charge in [-0.05, 0) is 31.8 Å². The van der Waals surface area contributed by atoms with Gasteiger partial charge in [0.15, 0.2) is 6.10 Å². The zero-order valence-electron chi connectivity index (χ0n) is 9.82. The maximum atomic E-state index is 11.5. The minimum Gasteiger partial charge on any atom is -0.479 e. The van der Waals surface area contributed by atoms with Gasteiger partial charge in [-0.3, -0.25) is 4.79 Å². The van der Waals surface area contributed by atoms with Gasteiger partial charge in [0.1, 0.15) is 0 Å². The van der Waals surface area contributed by atoms with Crippen LogP contribution in [0.4, 0.5) is 0 Å². The van der Waals surface area contributed by atoms with E-state index in [0.717, 1.165) is 25.9 Å². The Morgan fingerprint density at radius 2 is 2.24 bits per heavy atom. The van der Waals surface area contributed by atoms with Gasteiger partial charge in [0.05, 0.1) is 0 Å². The van der Waals surface area contributed by atoms with Crippen LogP contribution in [0.1, 0.15) is 25.7 Å². The average Bonchev–Trinajstić information content (AvgIpc) is 2.30. The summed E-state index contributed by atoms with van der Waals surface area (Å²) in [4.78, 5) is 21.8. The van der Waals surface area contributed by atoms with Crippen molar-refractivity contribution in [2.45, 2.75) is 31.8 Å². The van der Waals surface area contributed by atoms with Gasteiger partial charge in [0, 0.05) is 19.4 Å². The molecule has 1 aliphatic rings. The Morgan fingerprint density at radius 1 is 1.47 bits per heavy atom. The van der Waals surface area contributed by atoms with E-state index >= 15 is 0 Å². The Labute approximate surface area is 100 Å². The van der Waals surface area contributed by atoms with Crippen LogP contribution in [0.3, 0.4) is 0 Å². The highest BCUT2D eigenvalue weighted by atomic mass is 16.4. The molecule has 6 heteroatoms. The molecule has 1 fully saturated rings. The minimum absolute atomic E-state index is 0.0456. The Hall–Kier alpha value is -1.14. The first-order chi connectivity index (χ1) is 8.09. The molecule has 0 bridgehead atoms. The van der Waals surface area contributed by atoms with Crippen LogP contribution in [-0.2, 0) is 9.59 Å². The van der Waals surface area contributed by atoms with E-state index in [9.17, 15) is 9.59 Å². The van der Waals surface area contributed by atoms with Crippen molar-refractivity contribution in [1.29, 1.82) is 0 Å². The molecule has 0 saturated carbocycles. The van der Waals surface area contributed by atoms with E-state index in [0.29, 0.717) is 12.3 Å². The Morgan fingerprint density at radius 3 is 2.82 bits per heavy atom. The zero-order valence-corrected chi connectivity index (χ0v) is 9.82. The van der Waals surface area contributed by atoms with Gasteiger partial charge in [-0.1, -0.05) is 0 Å². The predicted molar refractivity (Wildman–Crippen MR) is 61.5 cm³/mol. The quantitative estimate of drug-likeness (QED) is 0.496. The molecule has 0 aliphatic carbocycles. The number of carbonyl (C=O) groups is 2. The van der Waals surface area contributed by atoms with Crippen molar-refractivity contribution in [2.75, 3.05) is 19.6 Å². The predicted octanol–water partition coefficient (Wildman–Crippen LogP) is -0.672. The van der Waals surface area contributed by atoms with E-state index in [1.54, 1.807) is 0 Å². The second kappa shape index (κ2) is 7.24. The lowest BCUT2D eigenvalue weighted by Gasteiger charge is -2.22. The van der Waals surface area contributed by atoms with Gasteiger partial charge in [-0.15, -0.1) is 0 Å². The number of amides is 1. The summed E-state index contributed by atoms with van der Waals surface area (Å²) < 4.78 is 0. The van der Waals surface area contributed by atoms with E-state index in [4.69, 9.17) is 10.2 Å². The molecule has 0 aromatic rings. The number of aliphatic hydroxyl groups is 1. The standard InChI is InChI=1S/C11H20N2O4/c14-9(11(16)17)3-5-13-10(15)6-8-2-1-4-12-7-8/h8-9,12,14H,1-7H2,(H,13,15)(H,16,17)/t8?,9-/m0/s1. The van der Waals surface area contributed by atoms with Crippen molar-refractivity contribution < 1.29 is 19.8 Å². The van der Waals surface area contributed by atoms with Gasteiger partial charge in [0.2, 0.25) is 5.91 Å². The first-order valence-corrected chi connectivity index (χ1v) is 5.98. The number of rotatable bonds is 6.